The first-order chi connectivity index (χ1) is 17.9. The van der Waals surface area contributed by atoms with Gasteiger partial charge in [-0.15, -0.1) is 0 Å². The number of amides is 1. The van der Waals surface area contributed by atoms with E-state index in [1.807, 2.05) is 0 Å². The first-order valence-electron chi connectivity index (χ1n) is 12.1. The molecule has 4 rings (SSSR count). The Morgan fingerprint density at radius 2 is 1.87 bits per heavy atom. The van der Waals surface area contributed by atoms with Gasteiger partial charge in [0.05, 0.1) is 24.4 Å². The molecule has 0 radical (unpaired) electrons. The Morgan fingerprint density at radius 3 is 2.47 bits per heavy atom. The fraction of sp³-hybridized carbons (Fsp3) is 0.727. The van der Waals surface area contributed by atoms with Gasteiger partial charge in [-0.05, 0) is 7.05 Å². The first-order valence-corrected chi connectivity index (χ1v) is 12.1. The molecular weight excluding hydrogens is 510 g/mol. The van der Waals surface area contributed by atoms with Crippen molar-refractivity contribution in [2.75, 3.05) is 27.2 Å². The average molecular weight is 544 g/mol. The number of hydrogen-bond acceptors (Lipinski definition) is 12. The number of likely N-dealkylation sites (N-methyl/N-ethyl adjacent to an activating group) is 2. The van der Waals surface area contributed by atoms with Gasteiger partial charge in [-0.2, -0.15) is 0 Å². The fourth-order valence-corrected chi connectivity index (χ4v) is 5.32. The number of rotatable bonds is 7. The zero-order chi connectivity index (χ0) is 27.9. The number of aliphatic hydroxyl groups is 3. The van der Waals surface area contributed by atoms with Gasteiger partial charge in [0.15, 0.2) is 12.3 Å². The van der Waals surface area contributed by atoms with Gasteiger partial charge in [0, 0.05) is 45.2 Å². The Bertz CT molecular complexity index is 1140. The molecule has 10 atom stereocenters. The summed E-state index contributed by atoms with van der Waals surface area (Å²) in [6.07, 6.45) is -7.89. The number of nitrogens with one attached hydrogen (secondary N) is 1. The van der Waals surface area contributed by atoms with Gasteiger partial charge >= 0.3 is 11.7 Å². The number of aliphatic carboxylic acids is 1. The molecule has 212 valence electrons. The molecule has 7 N–H and O–H groups in total. The van der Waals surface area contributed by atoms with Crippen LogP contribution in [0.5, 0.6) is 0 Å². The molecule has 3 aliphatic heterocycles. The molecule has 4 unspecified atom stereocenters. The van der Waals surface area contributed by atoms with Gasteiger partial charge in [0.2, 0.25) is 5.91 Å². The normalized spacial score (nSPS) is 37.4. The van der Waals surface area contributed by atoms with Crippen LogP contribution in [-0.2, 0) is 23.8 Å². The Balaban J connectivity index is 1.69. The van der Waals surface area contributed by atoms with E-state index in [1.54, 1.807) is 0 Å². The summed E-state index contributed by atoms with van der Waals surface area (Å²) in [6, 6.07) is -1.68. The molecule has 0 saturated carbocycles. The van der Waals surface area contributed by atoms with E-state index in [-0.39, 0.29) is 25.9 Å². The van der Waals surface area contributed by atoms with Crippen LogP contribution in [0.4, 0.5) is 0 Å². The third-order valence-corrected chi connectivity index (χ3v) is 7.25. The summed E-state index contributed by atoms with van der Waals surface area (Å²) >= 11 is 0. The molecule has 4 heterocycles. The summed E-state index contributed by atoms with van der Waals surface area (Å²) < 4.78 is 18.9. The maximum atomic E-state index is 13.6. The summed E-state index contributed by atoms with van der Waals surface area (Å²) in [6.45, 7) is -0.230. The second kappa shape index (κ2) is 11.2. The maximum absolute atomic E-state index is 13.6. The minimum atomic E-state index is -1.54. The lowest BCUT2D eigenvalue weighted by Gasteiger charge is -2.38. The van der Waals surface area contributed by atoms with E-state index in [9.17, 15) is 39.6 Å². The number of aromatic nitrogens is 2. The highest BCUT2D eigenvalue weighted by molar-refractivity contribution is 5.88. The number of hydrogen-bond donors (Lipinski definition) is 6. The monoisotopic (exact) mass is 543 g/mol. The molecule has 1 aromatic rings. The molecule has 16 heteroatoms. The van der Waals surface area contributed by atoms with Crippen molar-refractivity contribution in [3.8, 4) is 0 Å². The number of aliphatic hydroxyl groups excluding tert-OH is 3. The second-order valence-electron chi connectivity index (χ2n) is 9.80. The van der Waals surface area contributed by atoms with Crippen LogP contribution in [0.25, 0.3) is 0 Å². The van der Waals surface area contributed by atoms with Gasteiger partial charge in [-0.3, -0.25) is 24.0 Å². The van der Waals surface area contributed by atoms with Crippen LogP contribution in [0, 0.1) is 0 Å². The number of carboxylic acids is 1. The number of carbonyl (C=O) groups excluding carboxylic acids is 1. The molecule has 0 aliphatic carbocycles. The third kappa shape index (κ3) is 5.39. The summed E-state index contributed by atoms with van der Waals surface area (Å²) in [5.74, 6) is -2.13. The van der Waals surface area contributed by atoms with Crippen molar-refractivity contribution < 1.29 is 44.2 Å². The Kier molecular flexibility index (Phi) is 8.34. The van der Waals surface area contributed by atoms with Gasteiger partial charge in [0.25, 0.3) is 5.56 Å². The second-order valence-corrected chi connectivity index (χ2v) is 9.80. The smallest absolute Gasteiger partial charge is 0.330 e. The molecule has 3 fully saturated rings. The lowest BCUT2D eigenvalue weighted by molar-refractivity contribution is -0.215. The molecule has 1 amide bonds. The zero-order valence-electron chi connectivity index (χ0n) is 20.8. The molecule has 0 bridgehead atoms. The summed E-state index contributed by atoms with van der Waals surface area (Å²) in [4.78, 5) is 53.6. The van der Waals surface area contributed by atoms with Crippen LogP contribution in [0.3, 0.4) is 0 Å². The highest BCUT2D eigenvalue weighted by Crippen LogP contribution is 2.35. The van der Waals surface area contributed by atoms with Crippen LogP contribution in [0.2, 0.25) is 0 Å². The number of nitrogens with two attached hydrogens (primary N) is 1. The molecule has 1 aromatic heterocycles. The van der Waals surface area contributed by atoms with Gasteiger partial charge < -0.3 is 45.3 Å². The van der Waals surface area contributed by atoms with Crippen molar-refractivity contribution in [2.24, 2.45) is 5.73 Å². The average Bonchev–Trinajstić information content (AvgIpc) is 3.37. The molecule has 16 nitrogen and oxygen atoms in total. The lowest BCUT2D eigenvalue weighted by Crippen LogP contribution is -2.58. The summed E-state index contributed by atoms with van der Waals surface area (Å²) in [7, 11) is 2.72. The topological polar surface area (TPSA) is 230 Å². The third-order valence-electron chi connectivity index (χ3n) is 7.25. The largest absolute Gasteiger partial charge is 0.480 e. The minimum absolute atomic E-state index is 0.00291. The van der Waals surface area contributed by atoms with Crippen molar-refractivity contribution in [1.29, 1.82) is 0 Å². The molecule has 0 spiro atoms. The zero-order valence-corrected chi connectivity index (χ0v) is 20.8. The van der Waals surface area contributed by atoms with Crippen LogP contribution >= 0.6 is 0 Å². The molecule has 38 heavy (non-hydrogen) atoms. The van der Waals surface area contributed by atoms with E-state index < -0.39 is 84.4 Å². The highest BCUT2D eigenvalue weighted by atomic mass is 16.7. The number of ether oxygens (including phenoxy) is 3. The van der Waals surface area contributed by atoms with E-state index >= 15 is 0 Å². The van der Waals surface area contributed by atoms with E-state index in [0.29, 0.717) is 0 Å². The standard InChI is InChI=1S/C22H33N5O11/c1-25-8-11(30)16(21(33)34)26(2)20(32)17(25)19(38-15-6-9(28)12(7-23)36-15)18-10(29)5-14(37-18)27-4-3-13(31)24-22(27)35/h3-4,9-12,14-19,28-30H,5-8,23H2,1-2H3,(H,33,34)(H,24,31,35)/t9-,10-,11?,12+,14+,15-,16?,17?,18-,19?/m0/s1. The molecule has 0 aromatic carbocycles. The molecule has 3 aliphatic rings. The summed E-state index contributed by atoms with van der Waals surface area (Å²) in [5, 5.41) is 41.4. The number of nitrogens with zero attached hydrogens (tertiary/aromatic N) is 3. The van der Waals surface area contributed by atoms with Crippen LogP contribution in [0.15, 0.2) is 21.9 Å². The van der Waals surface area contributed by atoms with Gasteiger partial charge in [-0.1, -0.05) is 0 Å². The highest BCUT2D eigenvalue weighted by Gasteiger charge is 2.53. The Labute approximate surface area is 216 Å². The lowest BCUT2D eigenvalue weighted by atomic mass is 9.98. The van der Waals surface area contributed by atoms with Crippen LogP contribution < -0.4 is 17.0 Å². The molecular formula is C22H33N5O11. The van der Waals surface area contributed by atoms with Crippen molar-refractivity contribution in [2.45, 2.75) is 74.1 Å². The quantitative estimate of drug-likeness (QED) is 0.191. The number of β-amino-alcohol motifs (C(OH)–C–C–N with tert-alkyl or cyclic N) is 1. The predicted octanol–water partition coefficient (Wildman–Crippen LogP) is -4.41. The van der Waals surface area contributed by atoms with Crippen molar-refractivity contribution in [3.05, 3.63) is 33.1 Å². The van der Waals surface area contributed by atoms with Crippen LogP contribution in [0.1, 0.15) is 19.1 Å². The van der Waals surface area contributed by atoms with Crippen molar-refractivity contribution in [3.63, 3.8) is 0 Å². The Morgan fingerprint density at radius 1 is 1.16 bits per heavy atom. The van der Waals surface area contributed by atoms with Gasteiger partial charge in [-0.25, -0.2) is 9.59 Å². The number of carboxylic acid groups (broad SMARTS) is 1. The van der Waals surface area contributed by atoms with E-state index in [0.717, 1.165) is 15.5 Å². The first kappa shape index (κ1) is 28.3. The predicted molar refractivity (Wildman–Crippen MR) is 126 cm³/mol. The summed E-state index contributed by atoms with van der Waals surface area (Å²) in [5.41, 5.74) is 4.25. The van der Waals surface area contributed by atoms with Crippen molar-refractivity contribution >= 4 is 11.9 Å². The van der Waals surface area contributed by atoms with Crippen molar-refractivity contribution in [1.82, 2.24) is 19.4 Å². The SMILES string of the molecule is CN1CC(O)C(C(=O)O)N(C)C(=O)C1C(O[C@H]1C[C@H](O)[C@@H](CN)O1)[C@H]1O[C@@H](n2ccc(=O)[nH]c2=O)C[C@@H]1O. The van der Waals surface area contributed by atoms with E-state index in [1.165, 1.54) is 25.2 Å². The van der Waals surface area contributed by atoms with E-state index in [4.69, 9.17) is 19.9 Å². The minimum Gasteiger partial charge on any atom is -0.480 e. The molecule has 3 saturated heterocycles. The Hall–Kier alpha value is -2.70. The van der Waals surface area contributed by atoms with Gasteiger partial charge in [0.1, 0.15) is 24.5 Å². The number of H-pyrrole nitrogens is 1. The number of carbonyl (C=O) groups is 2. The number of aromatic amines is 1. The van der Waals surface area contributed by atoms with E-state index in [2.05, 4.69) is 4.98 Å². The fourth-order valence-electron chi connectivity index (χ4n) is 5.32. The maximum Gasteiger partial charge on any atom is 0.330 e. The van der Waals surface area contributed by atoms with Crippen LogP contribution in [-0.4, -0.2) is 134 Å².